The number of fused-ring (bicyclic) bond motifs is 1. The zero-order valence-corrected chi connectivity index (χ0v) is 10.3. The molecule has 1 aromatic carbocycles. The van der Waals surface area contributed by atoms with E-state index < -0.39 is 0 Å². The van der Waals surface area contributed by atoms with Crippen molar-refractivity contribution < 1.29 is 4.79 Å². The Balaban J connectivity index is 1.93. The van der Waals surface area contributed by atoms with Crippen molar-refractivity contribution in [3.8, 4) is 0 Å². The molecule has 2 heterocycles. The molecular formula is C12H8ClN5O. The van der Waals surface area contributed by atoms with Gasteiger partial charge in [-0.2, -0.15) is 10.2 Å². The van der Waals surface area contributed by atoms with E-state index in [9.17, 15) is 4.79 Å². The fourth-order valence-electron chi connectivity index (χ4n) is 1.71. The van der Waals surface area contributed by atoms with Crippen LogP contribution in [0.1, 0.15) is 11.3 Å². The Bertz CT molecular complexity index is 690. The molecule has 2 aromatic rings. The van der Waals surface area contributed by atoms with Gasteiger partial charge in [0.2, 0.25) is 0 Å². The number of anilines is 1. The van der Waals surface area contributed by atoms with Crippen molar-refractivity contribution in [2.45, 2.75) is 0 Å². The zero-order valence-electron chi connectivity index (χ0n) is 9.59. The van der Waals surface area contributed by atoms with Crippen LogP contribution in [0.15, 0.2) is 40.7 Å². The summed E-state index contributed by atoms with van der Waals surface area (Å²) in [5, 5.41) is 17.5. The molecule has 0 atom stereocenters. The predicted octanol–water partition coefficient (Wildman–Crippen LogP) is 1.84. The van der Waals surface area contributed by atoms with Crippen LogP contribution in [0.2, 0.25) is 5.02 Å². The summed E-state index contributed by atoms with van der Waals surface area (Å²) in [5.41, 5.74) is 2.28. The monoisotopic (exact) mass is 273 g/mol. The molecule has 0 spiro atoms. The van der Waals surface area contributed by atoms with Gasteiger partial charge in [0.1, 0.15) is 0 Å². The maximum atomic E-state index is 11.8. The van der Waals surface area contributed by atoms with Crippen molar-refractivity contribution in [2.75, 3.05) is 5.32 Å². The van der Waals surface area contributed by atoms with E-state index in [1.165, 1.54) is 6.21 Å². The van der Waals surface area contributed by atoms with Crippen LogP contribution in [-0.4, -0.2) is 28.0 Å². The first-order valence-electron chi connectivity index (χ1n) is 5.46. The lowest BCUT2D eigenvalue weighted by atomic mass is 10.1. The molecule has 3 rings (SSSR count). The van der Waals surface area contributed by atoms with E-state index in [0.29, 0.717) is 22.0 Å². The maximum Gasteiger partial charge on any atom is 0.276 e. The highest BCUT2D eigenvalue weighted by molar-refractivity contribution is 6.54. The molecule has 0 bridgehead atoms. The molecule has 0 aliphatic carbocycles. The Morgan fingerprint density at radius 1 is 1.32 bits per heavy atom. The van der Waals surface area contributed by atoms with E-state index in [1.54, 1.807) is 30.5 Å². The molecule has 19 heavy (non-hydrogen) atoms. The Morgan fingerprint density at radius 3 is 3.00 bits per heavy atom. The van der Waals surface area contributed by atoms with Crippen LogP contribution < -0.4 is 5.32 Å². The quantitative estimate of drug-likeness (QED) is 0.646. The summed E-state index contributed by atoms with van der Waals surface area (Å²) in [7, 11) is 0. The normalized spacial score (nSPS) is 16.1. The second-order valence-corrected chi connectivity index (χ2v) is 4.29. The lowest BCUT2D eigenvalue weighted by molar-refractivity contribution is -0.110. The second-order valence-electron chi connectivity index (χ2n) is 3.85. The van der Waals surface area contributed by atoms with Gasteiger partial charge in [-0.05, 0) is 24.3 Å². The second kappa shape index (κ2) is 4.66. The van der Waals surface area contributed by atoms with Crippen LogP contribution in [0.5, 0.6) is 0 Å². The first-order chi connectivity index (χ1) is 9.24. The van der Waals surface area contributed by atoms with E-state index in [2.05, 4.69) is 25.7 Å². The molecule has 0 unspecified atom stereocenters. The van der Waals surface area contributed by atoms with E-state index in [4.69, 9.17) is 11.6 Å². The summed E-state index contributed by atoms with van der Waals surface area (Å²) in [4.78, 5) is 11.8. The van der Waals surface area contributed by atoms with Crippen molar-refractivity contribution in [2.24, 2.45) is 10.2 Å². The summed E-state index contributed by atoms with van der Waals surface area (Å²) >= 11 is 5.91. The fraction of sp³-hybridized carbons (Fsp3) is 0. The van der Waals surface area contributed by atoms with Crippen molar-refractivity contribution in [1.82, 2.24) is 10.2 Å². The predicted molar refractivity (Wildman–Crippen MR) is 72.8 cm³/mol. The molecule has 0 saturated carbocycles. The number of aromatic nitrogens is 2. The van der Waals surface area contributed by atoms with Gasteiger partial charge in [0.05, 0.1) is 17.6 Å². The van der Waals surface area contributed by atoms with Crippen LogP contribution in [0.4, 0.5) is 5.69 Å². The van der Waals surface area contributed by atoms with Crippen LogP contribution in [0.25, 0.3) is 0 Å². The maximum absolute atomic E-state index is 11.8. The average Bonchev–Trinajstić information content (AvgIpc) is 2.99. The third-order valence-electron chi connectivity index (χ3n) is 2.58. The largest absolute Gasteiger partial charge is 0.320 e. The van der Waals surface area contributed by atoms with Crippen LogP contribution in [0, 0.1) is 0 Å². The minimum atomic E-state index is -0.293. The first-order valence-corrected chi connectivity index (χ1v) is 5.83. The zero-order chi connectivity index (χ0) is 13.2. The van der Waals surface area contributed by atoms with Gasteiger partial charge in [-0.1, -0.05) is 11.6 Å². The molecule has 1 aliphatic rings. The number of benzene rings is 1. The highest BCUT2D eigenvalue weighted by Crippen LogP contribution is 2.26. The SMILES string of the molecule is O=C1Nc2ccc(Cl)cc2/C1=N/N=C/c1ccn[nH]1. The van der Waals surface area contributed by atoms with Gasteiger partial charge in [0.15, 0.2) is 5.71 Å². The van der Waals surface area contributed by atoms with Gasteiger partial charge < -0.3 is 5.32 Å². The fourth-order valence-corrected chi connectivity index (χ4v) is 1.88. The number of nitrogens with one attached hydrogen (secondary N) is 2. The number of carbonyl (C=O) groups is 1. The van der Waals surface area contributed by atoms with Crippen LogP contribution in [-0.2, 0) is 4.79 Å². The first kappa shape index (κ1) is 11.6. The van der Waals surface area contributed by atoms with Crippen molar-refractivity contribution in [3.63, 3.8) is 0 Å². The third-order valence-corrected chi connectivity index (χ3v) is 2.81. The van der Waals surface area contributed by atoms with Gasteiger partial charge in [-0.3, -0.25) is 9.89 Å². The Morgan fingerprint density at radius 2 is 2.21 bits per heavy atom. The van der Waals surface area contributed by atoms with Gasteiger partial charge in [-0.15, -0.1) is 5.10 Å². The number of hydrogen-bond donors (Lipinski definition) is 2. The number of halogens is 1. The Labute approximate surface area is 113 Å². The smallest absolute Gasteiger partial charge is 0.276 e. The minimum absolute atomic E-state index is 0.244. The molecule has 1 amide bonds. The lowest BCUT2D eigenvalue weighted by Gasteiger charge is -1.96. The standard InChI is InChI=1S/C12H8ClN5O/c13-7-1-2-10-9(5-7)11(12(19)16-10)18-15-6-8-3-4-14-17-8/h1-6H,(H,14,17)(H,16,18,19)/b15-6+. The molecule has 94 valence electrons. The van der Waals surface area contributed by atoms with Gasteiger partial charge in [0, 0.05) is 16.8 Å². The van der Waals surface area contributed by atoms with E-state index in [-0.39, 0.29) is 11.6 Å². The number of H-pyrrole nitrogens is 1. The Hall–Kier alpha value is -2.47. The highest BCUT2D eigenvalue weighted by atomic mass is 35.5. The van der Waals surface area contributed by atoms with Crippen molar-refractivity contribution in [1.29, 1.82) is 0 Å². The lowest BCUT2D eigenvalue weighted by Crippen LogP contribution is -2.13. The van der Waals surface area contributed by atoms with Gasteiger partial charge in [-0.25, -0.2) is 0 Å². The molecule has 1 aromatic heterocycles. The molecule has 0 fully saturated rings. The number of rotatable bonds is 2. The molecule has 1 aliphatic heterocycles. The topological polar surface area (TPSA) is 82.5 Å². The molecular weight excluding hydrogens is 266 g/mol. The summed E-state index contributed by atoms with van der Waals surface area (Å²) in [5.74, 6) is -0.293. The summed E-state index contributed by atoms with van der Waals surface area (Å²) in [6.45, 7) is 0. The van der Waals surface area contributed by atoms with Crippen molar-refractivity contribution in [3.05, 3.63) is 46.7 Å². The molecule has 6 nitrogen and oxygen atoms in total. The number of amides is 1. The van der Waals surface area contributed by atoms with Crippen LogP contribution >= 0.6 is 11.6 Å². The van der Waals surface area contributed by atoms with E-state index in [0.717, 1.165) is 0 Å². The highest BCUT2D eigenvalue weighted by Gasteiger charge is 2.26. The van der Waals surface area contributed by atoms with Gasteiger partial charge in [0.25, 0.3) is 5.91 Å². The number of carbonyl (C=O) groups excluding carboxylic acids is 1. The molecule has 0 radical (unpaired) electrons. The van der Waals surface area contributed by atoms with Crippen molar-refractivity contribution >= 4 is 35.1 Å². The average molecular weight is 274 g/mol. The third kappa shape index (κ3) is 2.25. The molecule has 0 saturated heterocycles. The summed E-state index contributed by atoms with van der Waals surface area (Å²) in [6, 6.07) is 6.86. The van der Waals surface area contributed by atoms with Crippen LogP contribution in [0.3, 0.4) is 0 Å². The number of nitrogens with zero attached hydrogens (tertiary/aromatic N) is 3. The molecule has 7 heteroatoms. The summed E-state index contributed by atoms with van der Waals surface area (Å²) in [6.07, 6.45) is 3.08. The number of hydrogen-bond acceptors (Lipinski definition) is 4. The minimum Gasteiger partial charge on any atom is -0.320 e. The van der Waals surface area contributed by atoms with Gasteiger partial charge >= 0.3 is 0 Å². The summed E-state index contributed by atoms with van der Waals surface area (Å²) < 4.78 is 0. The van der Waals surface area contributed by atoms with E-state index >= 15 is 0 Å². The number of aromatic amines is 1. The Kier molecular flexibility index (Phi) is 2.85. The van der Waals surface area contributed by atoms with E-state index in [1.807, 2.05) is 0 Å². The molecule has 2 N–H and O–H groups in total.